The van der Waals surface area contributed by atoms with Crippen molar-refractivity contribution in [3.8, 4) is 11.5 Å². The van der Waals surface area contributed by atoms with Crippen molar-refractivity contribution >= 4 is 5.69 Å². The first-order chi connectivity index (χ1) is 6.81. The van der Waals surface area contributed by atoms with Crippen LogP contribution in [0.15, 0.2) is 30.5 Å². The number of hydrogen-bond acceptors (Lipinski definition) is 3. The fraction of sp³-hybridized carbons (Fsp3) is 0.273. The maximum absolute atomic E-state index is 5.29. The highest BCUT2D eigenvalue weighted by molar-refractivity contribution is 5.58. The highest BCUT2D eigenvalue weighted by atomic mass is 16.7. The van der Waals surface area contributed by atoms with E-state index in [2.05, 4.69) is 0 Å². The lowest BCUT2D eigenvalue weighted by Crippen LogP contribution is -2.06. The van der Waals surface area contributed by atoms with E-state index >= 15 is 0 Å². The van der Waals surface area contributed by atoms with Crippen molar-refractivity contribution in [3.05, 3.63) is 30.5 Å². The van der Waals surface area contributed by atoms with Crippen LogP contribution in [0, 0.1) is 0 Å². The van der Waals surface area contributed by atoms with Crippen LogP contribution >= 0.6 is 0 Å². The van der Waals surface area contributed by atoms with Gasteiger partial charge in [0.15, 0.2) is 11.5 Å². The molecule has 0 N–H and O–H groups in total. The summed E-state index contributed by atoms with van der Waals surface area (Å²) in [5.74, 6) is 1.64. The van der Waals surface area contributed by atoms with E-state index in [0.29, 0.717) is 6.79 Å². The van der Waals surface area contributed by atoms with E-state index < -0.39 is 0 Å². The van der Waals surface area contributed by atoms with Crippen LogP contribution in [0.3, 0.4) is 0 Å². The van der Waals surface area contributed by atoms with Crippen molar-refractivity contribution in [1.29, 1.82) is 0 Å². The summed E-state index contributed by atoms with van der Waals surface area (Å²) in [5.41, 5.74) is 1.09. The first-order valence-corrected chi connectivity index (χ1v) is 4.56. The van der Waals surface area contributed by atoms with Gasteiger partial charge in [-0.15, -0.1) is 0 Å². The van der Waals surface area contributed by atoms with Crippen LogP contribution in [0.25, 0.3) is 0 Å². The van der Waals surface area contributed by atoms with E-state index in [0.717, 1.165) is 17.2 Å². The van der Waals surface area contributed by atoms with E-state index in [1.165, 1.54) is 0 Å². The van der Waals surface area contributed by atoms with Gasteiger partial charge in [-0.2, -0.15) is 0 Å². The zero-order valence-electron chi connectivity index (χ0n) is 8.36. The molecule has 1 aliphatic rings. The minimum absolute atomic E-state index is 0.326. The summed E-state index contributed by atoms with van der Waals surface area (Å²) in [6, 6.07) is 5.91. The Hall–Kier alpha value is -1.64. The quantitative estimate of drug-likeness (QED) is 0.716. The third-order valence-electron chi connectivity index (χ3n) is 2.14. The number of anilines is 1. The van der Waals surface area contributed by atoms with Gasteiger partial charge in [0.1, 0.15) is 0 Å². The molecule has 0 spiro atoms. The highest BCUT2D eigenvalue weighted by Gasteiger charge is 2.13. The summed E-state index contributed by atoms with van der Waals surface area (Å²) in [6.45, 7) is 2.32. The Morgan fingerprint density at radius 1 is 1.29 bits per heavy atom. The van der Waals surface area contributed by atoms with Gasteiger partial charge in [0.05, 0.1) is 0 Å². The van der Waals surface area contributed by atoms with Gasteiger partial charge in [-0.05, 0) is 25.3 Å². The molecule has 3 nitrogen and oxygen atoms in total. The maximum Gasteiger partial charge on any atom is 0.231 e. The van der Waals surface area contributed by atoms with Gasteiger partial charge in [-0.3, -0.25) is 0 Å². The van der Waals surface area contributed by atoms with Crippen LogP contribution in [-0.4, -0.2) is 13.8 Å². The number of fused-ring (bicyclic) bond motifs is 1. The molecule has 0 aliphatic carbocycles. The van der Waals surface area contributed by atoms with E-state index in [1.807, 2.05) is 49.3 Å². The normalized spacial score (nSPS) is 13.6. The van der Waals surface area contributed by atoms with Gasteiger partial charge in [0.2, 0.25) is 6.79 Å². The molecule has 0 amide bonds. The second kappa shape index (κ2) is 3.62. The number of nitrogens with zero attached hydrogens (tertiary/aromatic N) is 1. The highest BCUT2D eigenvalue weighted by Crippen LogP contribution is 2.35. The zero-order valence-corrected chi connectivity index (χ0v) is 8.36. The van der Waals surface area contributed by atoms with Crippen molar-refractivity contribution in [2.24, 2.45) is 0 Å². The SMILES string of the molecule is C/C=C/N(C)c1ccc2c(c1)OCO2. The van der Waals surface area contributed by atoms with Crippen LogP contribution in [0.4, 0.5) is 5.69 Å². The number of allylic oxidation sites excluding steroid dienone is 1. The van der Waals surface area contributed by atoms with E-state index in [1.54, 1.807) is 0 Å². The van der Waals surface area contributed by atoms with Gasteiger partial charge in [0, 0.05) is 18.8 Å². The van der Waals surface area contributed by atoms with E-state index in [4.69, 9.17) is 9.47 Å². The second-order valence-electron chi connectivity index (χ2n) is 3.13. The molecule has 74 valence electrons. The Bertz CT molecular complexity index is 360. The smallest absolute Gasteiger partial charge is 0.231 e. The van der Waals surface area contributed by atoms with Crippen molar-refractivity contribution in [2.75, 3.05) is 18.7 Å². The summed E-state index contributed by atoms with van der Waals surface area (Å²) in [5, 5.41) is 0. The van der Waals surface area contributed by atoms with Gasteiger partial charge in [-0.25, -0.2) is 0 Å². The standard InChI is InChI=1S/C11H13NO2/c1-3-6-12(2)9-4-5-10-11(7-9)14-8-13-10/h3-7H,8H2,1-2H3/b6-3+. The van der Waals surface area contributed by atoms with Crippen LogP contribution in [0.1, 0.15) is 6.92 Å². The number of ether oxygens (including phenoxy) is 2. The van der Waals surface area contributed by atoms with Crippen LogP contribution < -0.4 is 14.4 Å². The minimum Gasteiger partial charge on any atom is -0.454 e. The number of hydrogen-bond donors (Lipinski definition) is 0. The molecule has 3 heteroatoms. The zero-order chi connectivity index (χ0) is 9.97. The van der Waals surface area contributed by atoms with Crippen molar-refractivity contribution in [1.82, 2.24) is 0 Å². The van der Waals surface area contributed by atoms with Crippen molar-refractivity contribution in [2.45, 2.75) is 6.92 Å². The molecule has 2 rings (SSSR count). The minimum atomic E-state index is 0.326. The van der Waals surface area contributed by atoms with E-state index in [-0.39, 0.29) is 0 Å². The lowest BCUT2D eigenvalue weighted by molar-refractivity contribution is 0.174. The second-order valence-corrected chi connectivity index (χ2v) is 3.13. The third kappa shape index (κ3) is 1.53. The third-order valence-corrected chi connectivity index (χ3v) is 2.14. The van der Waals surface area contributed by atoms with Crippen LogP contribution in [0.5, 0.6) is 11.5 Å². The maximum atomic E-state index is 5.29. The molecule has 1 aromatic rings. The summed E-state index contributed by atoms with van der Waals surface area (Å²) >= 11 is 0. The van der Waals surface area contributed by atoms with E-state index in [9.17, 15) is 0 Å². The molecule has 0 aromatic heterocycles. The monoisotopic (exact) mass is 191 g/mol. The molecule has 0 radical (unpaired) electrons. The molecular weight excluding hydrogens is 178 g/mol. The molecule has 14 heavy (non-hydrogen) atoms. The average Bonchev–Trinajstić information content (AvgIpc) is 2.64. The largest absolute Gasteiger partial charge is 0.454 e. The Kier molecular flexibility index (Phi) is 2.31. The molecule has 1 heterocycles. The van der Waals surface area contributed by atoms with Gasteiger partial charge in [0.25, 0.3) is 0 Å². The number of rotatable bonds is 2. The number of benzene rings is 1. The predicted molar refractivity (Wildman–Crippen MR) is 55.8 cm³/mol. The summed E-state index contributed by atoms with van der Waals surface area (Å²) < 4.78 is 10.5. The Morgan fingerprint density at radius 2 is 2.07 bits per heavy atom. The van der Waals surface area contributed by atoms with Crippen LogP contribution in [-0.2, 0) is 0 Å². The molecule has 0 unspecified atom stereocenters. The van der Waals surface area contributed by atoms with Crippen LogP contribution in [0.2, 0.25) is 0 Å². The molecule has 0 saturated carbocycles. The van der Waals surface area contributed by atoms with Crippen molar-refractivity contribution < 1.29 is 9.47 Å². The fourth-order valence-corrected chi connectivity index (χ4v) is 1.41. The summed E-state index contributed by atoms with van der Waals surface area (Å²) in [6.07, 6.45) is 3.99. The lowest BCUT2D eigenvalue weighted by atomic mass is 10.2. The van der Waals surface area contributed by atoms with Gasteiger partial charge >= 0.3 is 0 Å². The van der Waals surface area contributed by atoms with Crippen molar-refractivity contribution in [3.63, 3.8) is 0 Å². The topological polar surface area (TPSA) is 21.7 Å². The molecular formula is C11H13NO2. The van der Waals surface area contributed by atoms with Gasteiger partial charge < -0.3 is 14.4 Å². The lowest BCUT2D eigenvalue weighted by Gasteiger charge is -2.13. The first-order valence-electron chi connectivity index (χ1n) is 4.56. The summed E-state index contributed by atoms with van der Waals surface area (Å²) in [7, 11) is 2.00. The predicted octanol–water partition coefficient (Wildman–Crippen LogP) is 2.39. The van der Waals surface area contributed by atoms with Gasteiger partial charge in [-0.1, -0.05) is 6.08 Å². The molecule has 0 bridgehead atoms. The molecule has 0 saturated heterocycles. The summed E-state index contributed by atoms with van der Waals surface area (Å²) in [4.78, 5) is 2.03. The molecule has 0 fully saturated rings. The average molecular weight is 191 g/mol. The first kappa shape index (κ1) is 8.94. The molecule has 0 atom stereocenters. The molecule has 1 aromatic carbocycles. The Balaban J connectivity index is 2.28. The Labute approximate surface area is 83.5 Å². The Morgan fingerprint density at radius 3 is 2.86 bits per heavy atom. The molecule has 1 aliphatic heterocycles. The fourth-order valence-electron chi connectivity index (χ4n) is 1.41.